The predicted molar refractivity (Wildman–Crippen MR) is 110 cm³/mol. The molecule has 0 radical (unpaired) electrons. The van der Waals surface area contributed by atoms with Crippen molar-refractivity contribution in [3.05, 3.63) is 71.0 Å². The van der Waals surface area contributed by atoms with E-state index in [0.29, 0.717) is 12.2 Å². The van der Waals surface area contributed by atoms with Crippen LogP contribution in [0.15, 0.2) is 48.5 Å². The fourth-order valence-corrected chi connectivity index (χ4v) is 3.49. The average Bonchev–Trinajstić information content (AvgIpc) is 3.13. The number of amides is 1. The van der Waals surface area contributed by atoms with Crippen molar-refractivity contribution < 1.29 is 9.53 Å². The summed E-state index contributed by atoms with van der Waals surface area (Å²) in [5.74, 6) is 0.773. The van der Waals surface area contributed by atoms with Gasteiger partial charge in [-0.25, -0.2) is 0 Å². The Hall–Kier alpha value is -3.27. The van der Waals surface area contributed by atoms with Gasteiger partial charge in [-0.05, 0) is 67.8 Å². The van der Waals surface area contributed by atoms with Gasteiger partial charge in [0.15, 0.2) is 0 Å². The monoisotopic (exact) mass is 358 g/mol. The van der Waals surface area contributed by atoms with Crippen molar-refractivity contribution in [2.45, 2.75) is 20.8 Å². The number of hydrogen-bond donors (Lipinski definition) is 2. The molecule has 27 heavy (non-hydrogen) atoms. The van der Waals surface area contributed by atoms with Crippen LogP contribution in [-0.2, 0) is 4.79 Å². The molecule has 0 aliphatic carbocycles. The van der Waals surface area contributed by atoms with Crippen LogP contribution in [0.1, 0.15) is 29.4 Å². The third kappa shape index (κ3) is 3.26. The Morgan fingerprint density at radius 1 is 1.04 bits per heavy atom. The van der Waals surface area contributed by atoms with Crippen LogP contribution in [0.2, 0.25) is 0 Å². The standard InChI is InChI=1S/C23H22N2O2/c1-4-27-18-7-5-6-16(11-18)17-8-9-19-20(23(26)25-22(19)12-17)13-21-14(2)10-15(3)24-21/h5-13,24H,4H2,1-3H3,(H,25,26)/b20-13-. The van der Waals surface area contributed by atoms with Gasteiger partial charge < -0.3 is 15.0 Å². The number of benzene rings is 2. The van der Waals surface area contributed by atoms with Crippen LogP contribution >= 0.6 is 0 Å². The summed E-state index contributed by atoms with van der Waals surface area (Å²) in [7, 11) is 0. The number of fused-ring (bicyclic) bond motifs is 1. The Morgan fingerprint density at radius 3 is 2.59 bits per heavy atom. The summed E-state index contributed by atoms with van der Waals surface area (Å²) in [6.07, 6.45) is 1.93. The number of rotatable bonds is 4. The van der Waals surface area contributed by atoms with Gasteiger partial charge in [0.2, 0.25) is 0 Å². The first-order chi connectivity index (χ1) is 13.0. The quantitative estimate of drug-likeness (QED) is 0.631. The number of carbonyl (C=O) groups excluding carboxylic acids is 1. The van der Waals surface area contributed by atoms with Gasteiger partial charge in [0.05, 0.1) is 12.2 Å². The van der Waals surface area contributed by atoms with Crippen LogP contribution in [0.25, 0.3) is 22.8 Å². The van der Waals surface area contributed by atoms with E-state index in [0.717, 1.165) is 45.1 Å². The van der Waals surface area contributed by atoms with E-state index in [-0.39, 0.29) is 5.91 Å². The van der Waals surface area contributed by atoms with Crippen LogP contribution in [0.3, 0.4) is 0 Å². The van der Waals surface area contributed by atoms with Crippen molar-refractivity contribution in [3.63, 3.8) is 0 Å². The van der Waals surface area contributed by atoms with Gasteiger partial charge in [-0.15, -0.1) is 0 Å². The number of hydrogen-bond acceptors (Lipinski definition) is 2. The Morgan fingerprint density at radius 2 is 1.85 bits per heavy atom. The van der Waals surface area contributed by atoms with Crippen LogP contribution < -0.4 is 10.1 Å². The minimum absolute atomic E-state index is 0.0723. The molecule has 0 atom stereocenters. The van der Waals surface area contributed by atoms with Crippen molar-refractivity contribution >= 4 is 23.2 Å². The van der Waals surface area contributed by atoms with Crippen LogP contribution in [0.4, 0.5) is 5.69 Å². The van der Waals surface area contributed by atoms with Crippen molar-refractivity contribution in [1.82, 2.24) is 4.98 Å². The van der Waals surface area contributed by atoms with Gasteiger partial charge in [-0.3, -0.25) is 4.79 Å². The van der Waals surface area contributed by atoms with E-state index in [9.17, 15) is 4.79 Å². The molecule has 0 saturated heterocycles. The molecule has 0 spiro atoms. The Balaban J connectivity index is 1.72. The van der Waals surface area contributed by atoms with E-state index in [1.165, 1.54) is 0 Å². The average molecular weight is 358 g/mol. The second kappa shape index (κ2) is 6.80. The molecular formula is C23H22N2O2. The van der Waals surface area contributed by atoms with E-state index < -0.39 is 0 Å². The van der Waals surface area contributed by atoms with Crippen LogP contribution in [0, 0.1) is 13.8 Å². The Labute approximate surface area is 158 Å². The van der Waals surface area contributed by atoms with Crippen molar-refractivity contribution in [2.75, 3.05) is 11.9 Å². The molecule has 0 fully saturated rings. The molecule has 2 N–H and O–H groups in total. The second-order valence-electron chi connectivity index (χ2n) is 6.78. The van der Waals surface area contributed by atoms with E-state index in [4.69, 9.17) is 4.74 Å². The van der Waals surface area contributed by atoms with Gasteiger partial charge in [0, 0.05) is 22.6 Å². The number of anilines is 1. The smallest absolute Gasteiger partial charge is 0.256 e. The Kier molecular flexibility index (Phi) is 4.32. The number of aromatic nitrogens is 1. The van der Waals surface area contributed by atoms with Crippen molar-refractivity contribution in [3.8, 4) is 16.9 Å². The molecule has 3 aromatic rings. The molecule has 1 aliphatic heterocycles. The number of ether oxygens (including phenoxy) is 1. The lowest BCUT2D eigenvalue weighted by Crippen LogP contribution is -2.03. The highest BCUT2D eigenvalue weighted by Gasteiger charge is 2.25. The Bertz CT molecular complexity index is 1060. The molecule has 4 rings (SSSR count). The number of H-pyrrole nitrogens is 1. The van der Waals surface area contributed by atoms with E-state index in [1.54, 1.807) is 0 Å². The summed E-state index contributed by atoms with van der Waals surface area (Å²) in [6.45, 7) is 6.66. The molecule has 1 aromatic heterocycles. The highest BCUT2D eigenvalue weighted by Crippen LogP contribution is 2.37. The van der Waals surface area contributed by atoms with E-state index >= 15 is 0 Å². The zero-order valence-electron chi connectivity index (χ0n) is 15.7. The fourth-order valence-electron chi connectivity index (χ4n) is 3.49. The lowest BCUT2D eigenvalue weighted by atomic mass is 9.99. The minimum atomic E-state index is -0.0723. The highest BCUT2D eigenvalue weighted by molar-refractivity contribution is 6.35. The van der Waals surface area contributed by atoms with Crippen molar-refractivity contribution in [1.29, 1.82) is 0 Å². The third-order valence-electron chi connectivity index (χ3n) is 4.76. The lowest BCUT2D eigenvalue weighted by molar-refractivity contribution is -0.110. The van der Waals surface area contributed by atoms with E-state index in [1.807, 2.05) is 69.3 Å². The summed E-state index contributed by atoms with van der Waals surface area (Å²) in [5.41, 5.74) is 7.74. The number of aromatic amines is 1. The first-order valence-corrected chi connectivity index (χ1v) is 9.12. The molecule has 4 heteroatoms. The highest BCUT2D eigenvalue weighted by atomic mass is 16.5. The fraction of sp³-hybridized carbons (Fsp3) is 0.174. The normalized spacial score (nSPS) is 14.3. The molecule has 1 aliphatic rings. The summed E-state index contributed by atoms with van der Waals surface area (Å²) < 4.78 is 5.59. The molecule has 0 bridgehead atoms. The van der Waals surface area contributed by atoms with Gasteiger partial charge in [0.1, 0.15) is 5.75 Å². The topological polar surface area (TPSA) is 54.1 Å². The van der Waals surface area contributed by atoms with Gasteiger partial charge in [0.25, 0.3) is 5.91 Å². The van der Waals surface area contributed by atoms with Crippen molar-refractivity contribution in [2.24, 2.45) is 0 Å². The van der Waals surface area contributed by atoms with Crippen LogP contribution in [0.5, 0.6) is 5.75 Å². The lowest BCUT2D eigenvalue weighted by Gasteiger charge is -2.08. The zero-order chi connectivity index (χ0) is 19.0. The van der Waals surface area contributed by atoms with Gasteiger partial charge in [-0.2, -0.15) is 0 Å². The first-order valence-electron chi connectivity index (χ1n) is 9.12. The minimum Gasteiger partial charge on any atom is -0.494 e. The van der Waals surface area contributed by atoms with Gasteiger partial charge >= 0.3 is 0 Å². The summed E-state index contributed by atoms with van der Waals surface area (Å²) in [6, 6.07) is 16.1. The second-order valence-corrected chi connectivity index (χ2v) is 6.78. The molecule has 1 amide bonds. The molecule has 136 valence electrons. The maximum atomic E-state index is 12.5. The predicted octanol–water partition coefficient (Wildman–Crippen LogP) is 5.19. The molecular weight excluding hydrogens is 336 g/mol. The zero-order valence-corrected chi connectivity index (χ0v) is 15.7. The molecule has 0 saturated carbocycles. The maximum Gasteiger partial charge on any atom is 0.256 e. The van der Waals surface area contributed by atoms with E-state index in [2.05, 4.69) is 16.4 Å². The number of carbonyl (C=O) groups is 1. The largest absolute Gasteiger partial charge is 0.494 e. The summed E-state index contributed by atoms with van der Waals surface area (Å²) in [4.78, 5) is 15.8. The molecule has 4 nitrogen and oxygen atoms in total. The summed E-state index contributed by atoms with van der Waals surface area (Å²) >= 11 is 0. The number of nitrogens with one attached hydrogen (secondary N) is 2. The molecule has 2 heterocycles. The maximum absolute atomic E-state index is 12.5. The molecule has 0 unspecified atom stereocenters. The first kappa shape index (κ1) is 17.2. The molecule has 2 aromatic carbocycles. The van der Waals surface area contributed by atoms with Crippen LogP contribution in [-0.4, -0.2) is 17.5 Å². The third-order valence-corrected chi connectivity index (χ3v) is 4.76. The van der Waals surface area contributed by atoms with Gasteiger partial charge in [-0.1, -0.05) is 24.3 Å². The SMILES string of the molecule is CCOc1cccc(-c2ccc3c(c2)NC(=O)/C3=C\c2[nH]c(C)cc2C)c1. The number of aryl methyl sites for hydroxylation is 2. The summed E-state index contributed by atoms with van der Waals surface area (Å²) in [5, 5.41) is 2.99.